The number of fused-ring (bicyclic) bond motifs is 10. The van der Waals surface area contributed by atoms with Crippen molar-refractivity contribution in [1.82, 2.24) is 0 Å². The van der Waals surface area contributed by atoms with Gasteiger partial charge in [-0.1, -0.05) is 133 Å². The van der Waals surface area contributed by atoms with Crippen molar-refractivity contribution in [1.29, 1.82) is 0 Å². The van der Waals surface area contributed by atoms with Crippen LogP contribution in [0, 0.1) is 0 Å². The van der Waals surface area contributed by atoms with Gasteiger partial charge in [0.05, 0.1) is 27.4 Å². The molecule has 70 heavy (non-hydrogen) atoms. The van der Waals surface area contributed by atoms with E-state index in [0.29, 0.717) is 0 Å². The standard InChI is InChI=1S/C64H41N3OS2/c1-3-18-44(19-4-1)65(47-32-34-60-56(40-47)52-22-9-12-27-59(52)68-60)49-37-50(66(45-20-5-2-6-21-45)48-33-35-63-57(41-48)54-24-11-13-28-61(54)69-63)39-51(38-49)67(46-31-30-42-16-7-8-17-43(42)36-46)58-26-15-25-55-53-23-10-14-29-62(53)70-64(55)58/h1-41H. The van der Waals surface area contributed by atoms with Gasteiger partial charge in [0.2, 0.25) is 0 Å². The molecule has 0 spiro atoms. The lowest BCUT2D eigenvalue weighted by Crippen LogP contribution is -2.16. The summed E-state index contributed by atoms with van der Waals surface area (Å²) < 4.78 is 11.5. The van der Waals surface area contributed by atoms with Crippen molar-refractivity contribution >= 4 is 147 Å². The number of hydrogen-bond donors (Lipinski definition) is 0. The van der Waals surface area contributed by atoms with Crippen LogP contribution in [0.4, 0.5) is 51.2 Å². The highest BCUT2D eigenvalue weighted by molar-refractivity contribution is 7.26. The molecule has 0 atom stereocenters. The molecule has 0 aliphatic heterocycles. The van der Waals surface area contributed by atoms with Crippen molar-refractivity contribution < 1.29 is 4.42 Å². The highest BCUT2D eigenvalue weighted by Crippen LogP contribution is 2.50. The molecule has 4 nitrogen and oxygen atoms in total. The Balaban J connectivity index is 1.08. The number of para-hydroxylation sites is 3. The van der Waals surface area contributed by atoms with Crippen molar-refractivity contribution in [3.8, 4) is 0 Å². The second-order valence-electron chi connectivity index (χ2n) is 17.7. The van der Waals surface area contributed by atoms with Gasteiger partial charge >= 0.3 is 0 Å². The summed E-state index contributed by atoms with van der Waals surface area (Å²) >= 11 is 3.70. The van der Waals surface area contributed by atoms with Crippen molar-refractivity contribution in [2.75, 3.05) is 14.7 Å². The van der Waals surface area contributed by atoms with E-state index in [1.54, 1.807) is 0 Å². The molecule has 14 rings (SSSR count). The molecule has 3 aromatic heterocycles. The van der Waals surface area contributed by atoms with E-state index in [1.165, 1.54) is 51.1 Å². The van der Waals surface area contributed by atoms with Gasteiger partial charge in [-0.15, -0.1) is 22.7 Å². The van der Waals surface area contributed by atoms with Crippen LogP contribution in [0.2, 0.25) is 0 Å². The van der Waals surface area contributed by atoms with Gasteiger partial charge in [0.15, 0.2) is 0 Å². The molecule has 3 heterocycles. The van der Waals surface area contributed by atoms with E-state index in [-0.39, 0.29) is 0 Å². The van der Waals surface area contributed by atoms with E-state index in [9.17, 15) is 0 Å². The second-order valence-corrected chi connectivity index (χ2v) is 19.9. The third-order valence-electron chi connectivity index (χ3n) is 13.5. The Labute approximate surface area is 412 Å². The van der Waals surface area contributed by atoms with Crippen molar-refractivity contribution in [3.05, 3.63) is 249 Å². The zero-order valence-corrected chi connectivity index (χ0v) is 39.4. The van der Waals surface area contributed by atoms with E-state index in [0.717, 1.165) is 73.1 Å². The fraction of sp³-hybridized carbons (Fsp3) is 0. The maximum absolute atomic E-state index is 6.40. The van der Waals surface area contributed by atoms with Gasteiger partial charge in [-0.05, 0) is 126 Å². The molecule has 11 aromatic carbocycles. The first-order valence-corrected chi connectivity index (χ1v) is 25.2. The summed E-state index contributed by atoms with van der Waals surface area (Å²) in [6.07, 6.45) is 0. The first-order chi connectivity index (χ1) is 34.7. The maximum atomic E-state index is 6.40. The SMILES string of the molecule is c1ccc(N(c2cc(N(c3ccccc3)c3ccc4sc5ccccc5c4c3)cc(N(c3ccc4ccccc4c3)c3cccc4c3sc3ccccc34)c2)c2ccc3oc4ccccc4c3c2)cc1. The molecule has 0 bridgehead atoms. The summed E-state index contributed by atoms with van der Waals surface area (Å²) in [6, 6.07) is 90.3. The van der Waals surface area contributed by atoms with Gasteiger partial charge in [0.1, 0.15) is 11.2 Å². The van der Waals surface area contributed by atoms with Gasteiger partial charge < -0.3 is 19.1 Å². The molecule has 0 aliphatic carbocycles. The molecular formula is C64H41N3OS2. The van der Waals surface area contributed by atoms with Crippen LogP contribution >= 0.6 is 22.7 Å². The van der Waals surface area contributed by atoms with Gasteiger partial charge in [0.25, 0.3) is 0 Å². The first-order valence-electron chi connectivity index (χ1n) is 23.6. The predicted octanol–water partition coefficient (Wildman–Crippen LogP) is 19.9. The molecule has 6 heteroatoms. The molecule has 0 aliphatic rings. The Morgan fingerprint density at radius 1 is 0.257 bits per heavy atom. The topological polar surface area (TPSA) is 22.9 Å². The number of hydrogen-bond acceptors (Lipinski definition) is 6. The lowest BCUT2D eigenvalue weighted by atomic mass is 10.1. The van der Waals surface area contributed by atoms with E-state index in [1.807, 2.05) is 34.8 Å². The normalized spacial score (nSPS) is 11.7. The Hall–Kier alpha value is -8.68. The molecule has 14 aromatic rings. The van der Waals surface area contributed by atoms with E-state index in [4.69, 9.17) is 4.42 Å². The van der Waals surface area contributed by atoms with Crippen LogP contribution in [0.3, 0.4) is 0 Å². The Morgan fingerprint density at radius 2 is 0.757 bits per heavy atom. The third kappa shape index (κ3) is 6.79. The Morgan fingerprint density at radius 3 is 1.49 bits per heavy atom. The minimum absolute atomic E-state index is 0.859. The van der Waals surface area contributed by atoms with Crippen molar-refractivity contribution in [2.24, 2.45) is 0 Å². The molecule has 0 N–H and O–H groups in total. The number of benzene rings is 11. The fourth-order valence-corrected chi connectivity index (χ4v) is 12.7. The van der Waals surface area contributed by atoms with Crippen LogP contribution in [-0.2, 0) is 0 Å². The summed E-state index contributed by atoms with van der Waals surface area (Å²) in [4.78, 5) is 7.30. The molecule has 0 fully saturated rings. The molecular weight excluding hydrogens is 891 g/mol. The Kier molecular flexibility index (Phi) is 9.54. The van der Waals surface area contributed by atoms with E-state index in [2.05, 4.69) is 251 Å². The zero-order valence-electron chi connectivity index (χ0n) is 37.7. The number of rotatable bonds is 9. The fourth-order valence-electron chi connectivity index (χ4n) is 10.4. The van der Waals surface area contributed by atoms with Gasteiger partial charge in [-0.3, -0.25) is 0 Å². The van der Waals surface area contributed by atoms with Gasteiger partial charge in [-0.25, -0.2) is 0 Å². The maximum Gasteiger partial charge on any atom is 0.135 e. The highest BCUT2D eigenvalue weighted by Gasteiger charge is 2.25. The minimum Gasteiger partial charge on any atom is -0.456 e. The lowest BCUT2D eigenvalue weighted by molar-refractivity contribution is 0.669. The summed E-state index contributed by atoms with van der Waals surface area (Å²) in [5, 5.41) is 9.56. The highest BCUT2D eigenvalue weighted by atomic mass is 32.1. The van der Waals surface area contributed by atoms with Crippen LogP contribution < -0.4 is 14.7 Å². The van der Waals surface area contributed by atoms with Gasteiger partial charge in [-0.2, -0.15) is 0 Å². The molecule has 330 valence electrons. The van der Waals surface area contributed by atoms with Crippen LogP contribution in [0.5, 0.6) is 0 Å². The predicted molar refractivity (Wildman–Crippen MR) is 301 cm³/mol. The molecule has 0 saturated heterocycles. The smallest absolute Gasteiger partial charge is 0.135 e. The molecule has 0 unspecified atom stereocenters. The first kappa shape index (κ1) is 40.4. The van der Waals surface area contributed by atoms with Crippen LogP contribution in [0.1, 0.15) is 0 Å². The minimum atomic E-state index is 0.859. The average Bonchev–Trinajstić information content (AvgIpc) is 4.11. The summed E-state index contributed by atoms with van der Waals surface area (Å²) in [6.45, 7) is 0. The number of furan rings is 1. The monoisotopic (exact) mass is 931 g/mol. The molecule has 0 saturated carbocycles. The quantitative estimate of drug-likeness (QED) is 0.144. The average molecular weight is 932 g/mol. The van der Waals surface area contributed by atoms with Gasteiger partial charge in [0, 0.05) is 74.9 Å². The van der Waals surface area contributed by atoms with E-state index >= 15 is 0 Å². The lowest BCUT2D eigenvalue weighted by Gasteiger charge is -2.33. The summed E-state index contributed by atoms with van der Waals surface area (Å²) in [5.41, 5.74) is 11.2. The van der Waals surface area contributed by atoms with Crippen molar-refractivity contribution in [3.63, 3.8) is 0 Å². The van der Waals surface area contributed by atoms with Crippen molar-refractivity contribution in [2.45, 2.75) is 0 Å². The molecule has 0 radical (unpaired) electrons. The number of anilines is 9. The largest absolute Gasteiger partial charge is 0.456 e. The van der Waals surface area contributed by atoms with Crippen LogP contribution in [0.25, 0.3) is 73.1 Å². The Bertz CT molecular complexity index is 4110. The second kappa shape index (κ2) is 16.5. The summed E-state index contributed by atoms with van der Waals surface area (Å²) in [7, 11) is 0. The molecule has 0 amide bonds. The number of thiophene rings is 2. The summed E-state index contributed by atoms with van der Waals surface area (Å²) in [5.74, 6) is 0. The third-order valence-corrected chi connectivity index (χ3v) is 15.9. The van der Waals surface area contributed by atoms with Crippen LogP contribution in [0.15, 0.2) is 253 Å². The number of nitrogens with zero attached hydrogens (tertiary/aromatic N) is 3. The van der Waals surface area contributed by atoms with E-state index < -0.39 is 0 Å². The van der Waals surface area contributed by atoms with Crippen LogP contribution in [-0.4, -0.2) is 0 Å². The zero-order chi connectivity index (χ0) is 46.1.